The van der Waals surface area contributed by atoms with Crippen LogP contribution in [0.4, 0.5) is 0 Å². The minimum Gasteiger partial charge on any atom is -0.481 e. The van der Waals surface area contributed by atoms with E-state index in [1.54, 1.807) is 13.8 Å². The topological polar surface area (TPSA) is 60.8 Å². The monoisotopic (exact) mass is 171 g/mol. The second-order valence-corrected chi connectivity index (χ2v) is 3.71. The van der Waals surface area contributed by atoms with Crippen LogP contribution in [0.5, 0.6) is 0 Å². The summed E-state index contributed by atoms with van der Waals surface area (Å²) in [4.78, 5) is 10.6. The van der Waals surface area contributed by atoms with E-state index >= 15 is 0 Å². The number of nitrogens with zero attached hydrogens (tertiary/aromatic N) is 1. The van der Waals surface area contributed by atoms with E-state index in [1.165, 1.54) is 0 Å². The summed E-state index contributed by atoms with van der Waals surface area (Å²) in [6.07, 6.45) is 0.400. The highest BCUT2D eigenvalue weighted by atomic mass is 16.5. The lowest BCUT2D eigenvalue weighted by molar-refractivity contribution is -0.140. The molecule has 0 aromatic carbocycles. The molecule has 1 fully saturated rings. The van der Waals surface area contributed by atoms with Gasteiger partial charge in [0, 0.05) is 5.70 Å². The minimum absolute atomic E-state index is 0.271. The van der Waals surface area contributed by atoms with Gasteiger partial charge >= 0.3 is 5.97 Å². The second-order valence-electron chi connectivity index (χ2n) is 3.71. The summed E-state index contributed by atoms with van der Waals surface area (Å²) in [6, 6.07) is 0. The molecule has 68 valence electrons. The van der Waals surface area contributed by atoms with Gasteiger partial charge in [0.1, 0.15) is 5.92 Å². The van der Waals surface area contributed by atoms with E-state index < -0.39 is 17.4 Å². The average molecular weight is 171 g/mol. The lowest BCUT2D eigenvalue weighted by Gasteiger charge is -2.26. The highest BCUT2D eigenvalue weighted by Crippen LogP contribution is 2.37. The number of hydrogen-bond donors (Lipinski definition) is 2. The molecule has 4 nitrogen and oxygen atoms in total. The Kier molecular flexibility index (Phi) is 1.88. The van der Waals surface area contributed by atoms with E-state index in [-0.39, 0.29) is 5.70 Å². The Balaban J connectivity index is 2.89. The second kappa shape index (κ2) is 2.48. The fourth-order valence-electron chi connectivity index (χ4n) is 1.47. The van der Waals surface area contributed by atoms with Crippen molar-refractivity contribution in [1.82, 2.24) is 5.06 Å². The van der Waals surface area contributed by atoms with Crippen molar-refractivity contribution in [2.45, 2.75) is 25.8 Å². The highest BCUT2D eigenvalue weighted by Gasteiger charge is 2.43. The van der Waals surface area contributed by atoms with Crippen LogP contribution in [-0.2, 0) is 4.79 Å². The van der Waals surface area contributed by atoms with Crippen LogP contribution in [0, 0.1) is 5.92 Å². The Morgan fingerprint density at radius 2 is 2.25 bits per heavy atom. The summed E-state index contributed by atoms with van der Waals surface area (Å²) < 4.78 is 0. The van der Waals surface area contributed by atoms with Gasteiger partial charge in [-0.05, 0) is 20.3 Å². The Hall–Kier alpha value is -1.03. The van der Waals surface area contributed by atoms with Gasteiger partial charge in [-0.3, -0.25) is 15.1 Å². The molecule has 1 atom stereocenters. The number of aliphatic carboxylic acids is 1. The molecule has 1 aliphatic heterocycles. The van der Waals surface area contributed by atoms with Crippen LogP contribution < -0.4 is 0 Å². The van der Waals surface area contributed by atoms with Gasteiger partial charge in [0.15, 0.2) is 0 Å². The molecule has 0 bridgehead atoms. The van der Waals surface area contributed by atoms with E-state index in [0.717, 1.165) is 5.06 Å². The van der Waals surface area contributed by atoms with Crippen molar-refractivity contribution < 1.29 is 15.1 Å². The van der Waals surface area contributed by atoms with Crippen molar-refractivity contribution in [3.8, 4) is 0 Å². The fourth-order valence-corrected chi connectivity index (χ4v) is 1.47. The van der Waals surface area contributed by atoms with Gasteiger partial charge < -0.3 is 5.11 Å². The van der Waals surface area contributed by atoms with Crippen molar-refractivity contribution in [2.75, 3.05) is 0 Å². The maximum Gasteiger partial charge on any atom is 0.312 e. The molecule has 2 N–H and O–H groups in total. The van der Waals surface area contributed by atoms with Crippen LogP contribution in [0.15, 0.2) is 12.3 Å². The number of carboxylic acid groups (broad SMARTS) is 1. The van der Waals surface area contributed by atoms with E-state index in [0.29, 0.717) is 6.42 Å². The van der Waals surface area contributed by atoms with E-state index in [2.05, 4.69) is 6.58 Å². The van der Waals surface area contributed by atoms with E-state index in [4.69, 9.17) is 5.11 Å². The number of carboxylic acids is 1. The third kappa shape index (κ3) is 1.18. The van der Waals surface area contributed by atoms with Gasteiger partial charge in [-0.25, -0.2) is 0 Å². The summed E-state index contributed by atoms with van der Waals surface area (Å²) in [7, 11) is 0. The van der Waals surface area contributed by atoms with Gasteiger partial charge in [-0.2, -0.15) is 0 Å². The van der Waals surface area contributed by atoms with Gasteiger partial charge in [0.05, 0.1) is 5.54 Å². The quantitative estimate of drug-likeness (QED) is 0.619. The Labute approximate surface area is 71.1 Å². The highest BCUT2D eigenvalue weighted by molar-refractivity contribution is 5.74. The van der Waals surface area contributed by atoms with Crippen molar-refractivity contribution in [3.05, 3.63) is 12.3 Å². The molecule has 1 aliphatic rings. The molecule has 1 saturated heterocycles. The summed E-state index contributed by atoms with van der Waals surface area (Å²) in [5.74, 6) is -1.57. The first-order valence-corrected chi connectivity index (χ1v) is 3.77. The van der Waals surface area contributed by atoms with E-state index in [1.807, 2.05) is 0 Å². The van der Waals surface area contributed by atoms with Gasteiger partial charge in [-0.15, -0.1) is 0 Å². The molecule has 0 aromatic rings. The Bertz CT molecular complexity index is 234. The van der Waals surface area contributed by atoms with Gasteiger partial charge in [0.25, 0.3) is 0 Å². The summed E-state index contributed by atoms with van der Waals surface area (Å²) >= 11 is 0. The zero-order valence-corrected chi connectivity index (χ0v) is 7.24. The molecular formula is C8H13NO3. The summed E-state index contributed by atoms with van der Waals surface area (Å²) in [6.45, 7) is 7.09. The first-order chi connectivity index (χ1) is 5.36. The molecule has 1 unspecified atom stereocenters. The molecule has 1 rings (SSSR count). The predicted molar refractivity (Wildman–Crippen MR) is 42.6 cm³/mol. The SMILES string of the molecule is C=C1C(C(=O)O)CC(C)(C)N1O. The van der Waals surface area contributed by atoms with Gasteiger partial charge in [0.2, 0.25) is 0 Å². The van der Waals surface area contributed by atoms with Crippen LogP contribution in [-0.4, -0.2) is 26.9 Å². The number of hydrogen-bond acceptors (Lipinski definition) is 3. The largest absolute Gasteiger partial charge is 0.481 e. The molecule has 1 heterocycles. The summed E-state index contributed by atoms with van der Waals surface area (Å²) in [5.41, 5.74) is -0.243. The smallest absolute Gasteiger partial charge is 0.312 e. The molecule has 0 aliphatic carbocycles. The predicted octanol–water partition coefficient (Wildman–Crippen LogP) is 1.07. The number of hydroxylamine groups is 2. The lowest BCUT2D eigenvalue weighted by atomic mass is 9.96. The maximum absolute atomic E-state index is 10.6. The van der Waals surface area contributed by atoms with Crippen molar-refractivity contribution in [3.63, 3.8) is 0 Å². The fraction of sp³-hybridized carbons (Fsp3) is 0.625. The van der Waals surface area contributed by atoms with Crippen LogP contribution in [0.25, 0.3) is 0 Å². The maximum atomic E-state index is 10.6. The molecular weight excluding hydrogens is 158 g/mol. The van der Waals surface area contributed by atoms with Crippen molar-refractivity contribution in [1.29, 1.82) is 0 Å². The van der Waals surface area contributed by atoms with Gasteiger partial charge in [-0.1, -0.05) is 6.58 Å². The number of rotatable bonds is 1. The molecule has 12 heavy (non-hydrogen) atoms. The van der Waals surface area contributed by atoms with E-state index in [9.17, 15) is 10.0 Å². The standard InChI is InChI=1S/C8H13NO3/c1-5-6(7(10)11)4-8(2,3)9(5)12/h6,12H,1,4H2,2-3H3,(H,10,11). The zero-order valence-electron chi connectivity index (χ0n) is 7.24. The summed E-state index contributed by atoms with van der Waals surface area (Å²) in [5, 5.41) is 19.1. The average Bonchev–Trinajstić information content (AvgIpc) is 2.14. The van der Waals surface area contributed by atoms with Crippen molar-refractivity contribution in [2.24, 2.45) is 5.92 Å². The first kappa shape index (κ1) is 9.06. The normalized spacial score (nSPS) is 27.8. The molecule has 4 heteroatoms. The van der Waals surface area contributed by atoms with Crippen LogP contribution in [0.3, 0.4) is 0 Å². The Morgan fingerprint density at radius 3 is 2.42 bits per heavy atom. The van der Waals surface area contributed by atoms with Crippen LogP contribution in [0.1, 0.15) is 20.3 Å². The Morgan fingerprint density at radius 1 is 1.75 bits per heavy atom. The number of carbonyl (C=O) groups is 1. The first-order valence-electron chi connectivity index (χ1n) is 3.77. The van der Waals surface area contributed by atoms with Crippen molar-refractivity contribution >= 4 is 5.97 Å². The third-order valence-electron chi connectivity index (χ3n) is 2.25. The minimum atomic E-state index is -0.926. The molecule has 0 radical (unpaired) electrons. The molecule has 0 aromatic heterocycles. The zero-order chi connectivity index (χ0) is 9.52. The molecule has 0 saturated carbocycles. The lowest BCUT2D eigenvalue weighted by Crippen LogP contribution is -2.33. The third-order valence-corrected chi connectivity index (χ3v) is 2.25. The van der Waals surface area contributed by atoms with Crippen LogP contribution in [0.2, 0.25) is 0 Å². The van der Waals surface area contributed by atoms with Crippen LogP contribution >= 0.6 is 0 Å². The molecule has 0 spiro atoms. The molecule has 0 amide bonds.